The minimum Gasteiger partial charge on any atom is -0.368 e. The van der Waals surface area contributed by atoms with Crippen molar-refractivity contribution >= 4 is 29.0 Å². The van der Waals surface area contributed by atoms with Gasteiger partial charge in [0.1, 0.15) is 5.71 Å². The Morgan fingerprint density at radius 1 is 1.05 bits per heavy atom. The largest absolute Gasteiger partial charge is 0.368 e. The van der Waals surface area contributed by atoms with Crippen molar-refractivity contribution in [2.75, 3.05) is 0 Å². The summed E-state index contributed by atoms with van der Waals surface area (Å²) in [4.78, 5) is 4.27. The number of nitrogens with one attached hydrogen (secondary N) is 1. The van der Waals surface area contributed by atoms with Crippen LogP contribution in [0, 0.1) is 0 Å². The van der Waals surface area contributed by atoms with E-state index in [0.29, 0.717) is 5.02 Å². The van der Waals surface area contributed by atoms with Crippen LogP contribution in [0.2, 0.25) is 5.02 Å². The van der Waals surface area contributed by atoms with E-state index in [0.717, 1.165) is 22.5 Å². The van der Waals surface area contributed by atoms with E-state index in [1.54, 1.807) is 6.07 Å². The van der Waals surface area contributed by atoms with E-state index in [-0.39, 0.29) is 5.96 Å². The van der Waals surface area contributed by atoms with E-state index in [1.807, 2.05) is 42.5 Å². The molecule has 0 aromatic heterocycles. The first-order valence-electron chi connectivity index (χ1n) is 5.77. The highest BCUT2D eigenvalue weighted by atomic mass is 35.5. The van der Waals surface area contributed by atoms with Gasteiger partial charge in [-0.1, -0.05) is 41.9 Å². The second-order valence-corrected chi connectivity index (χ2v) is 4.53. The molecule has 0 bridgehead atoms. The number of hydrogen-bond donors (Lipinski definition) is 2. The van der Waals surface area contributed by atoms with Crippen LogP contribution in [0.15, 0.2) is 58.6 Å². The predicted octanol–water partition coefficient (Wildman–Crippen LogP) is 2.64. The van der Waals surface area contributed by atoms with E-state index < -0.39 is 0 Å². The summed E-state index contributed by atoms with van der Waals surface area (Å²) >= 11 is 6.06. The summed E-state index contributed by atoms with van der Waals surface area (Å²) in [6.45, 7) is 0. The molecule has 3 N–H and O–H groups in total. The minimum atomic E-state index is 0.259. The molecule has 0 spiro atoms. The second kappa shape index (κ2) is 4.74. The molecule has 2 aromatic carbocycles. The van der Waals surface area contributed by atoms with Gasteiger partial charge in [0.15, 0.2) is 0 Å². The van der Waals surface area contributed by atoms with Crippen molar-refractivity contribution in [3.63, 3.8) is 0 Å². The number of guanidine groups is 1. The van der Waals surface area contributed by atoms with E-state index in [4.69, 9.17) is 17.3 Å². The van der Waals surface area contributed by atoms with Crippen molar-refractivity contribution < 1.29 is 0 Å². The molecule has 3 rings (SSSR count). The highest BCUT2D eigenvalue weighted by Gasteiger charge is 2.15. The monoisotopic (exact) mass is 270 g/mol. The van der Waals surface area contributed by atoms with Crippen molar-refractivity contribution in [3.8, 4) is 0 Å². The SMILES string of the molecule is NC1=Nc2ccc(Cl)cc2C(c2ccccc2)=NN1. The van der Waals surface area contributed by atoms with Gasteiger partial charge in [0.2, 0.25) is 5.96 Å². The highest BCUT2D eigenvalue weighted by Crippen LogP contribution is 2.27. The van der Waals surface area contributed by atoms with Crippen LogP contribution < -0.4 is 11.2 Å². The fourth-order valence-electron chi connectivity index (χ4n) is 1.94. The molecule has 5 heteroatoms. The second-order valence-electron chi connectivity index (χ2n) is 4.10. The molecule has 0 radical (unpaired) electrons. The lowest BCUT2D eigenvalue weighted by atomic mass is 10.0. The molecule has 1 aliphatic rings. The number of nitrogens with two attached hydrogens (primary N) is 1. The lowest BCUT2D eigenvalue weighted by molar-refractivity contribution is 1.01. The van der Waals surface area contributed by atoms with Crippen LogP contribution in [0.1, 0.15) is 11.1 Å². The topological polar surface area (TPSA) is 62.8 Å². The van der Waals surface area contributed by atoms with E-state index in [2.05, 4.69) is 15.5 Å². The molecule has 1 heterocycles. The quantitative estimate of drug-likeness (QED) is 0.837. The molecule has 0 unspecified atom stereocenters. The van der Waals surface area contributed by atoms with Crippen LogP contribution in [0.5, 0.6) is 0 Å². The fraction of sp³-hybridized carbons (Fsp3) is 0. The third-order valence-electron chi connectivity index (χ3n) is 2.78. The summed E-state index contributed by atoms with van der Waals surface area (Å²) < 4.78 is 0. The van der Waals surface area contributed by atoms with Gasteiger partial charge in [0, 0.05) is 16.1 Å². The molecule has 0 fully saturated rings. The Labute approximate surface area is 115 Å². The smallest absolute Gasteiger partial charge is 0.214 e. The normalized spacial score (nSPS) is 13.7. The van der Waals surface area contributed by atoms with E-state index in [9.17, 15) is 0 Å². The third-order valence-corrected chi connectivity index (χ3v) is 3.02. The zero-order valence-corrected chi connectivity index (χ0v) is 10.7. The van der Waals surface area contributed by atoms with Crippen molar-refractivity contribution in [2.45, 2.75) is 0 Å². The van der Waals surface area contributed by atoms with Crippen LogP contribution in [0.25, 0.3) is 0 Å². The molecule has 1 aliphatic heterocycles. The number of aliphatic imine (C=N–C) groups is 1. The fourth-order valence-corrected chi connectivity index (χ4v) is 2.11. The van der Waals surface area contributed by atoms with Crippen molar-refractivity contribution in [3.05, 3.63) is 64.7 Å². The Balaban J connectivity index is 2.21. The number of benzene rings is 2. The van der Waals surface area contributed by atoms with Crippen LogP contribution in [-0.2, 0) is 0 Å². The molecule has 0 aliphatic carbocycles. The molecule has 0 atom stereocenters. The van der Waals surface area contributed by atoms with Gasteiger partial charge in [-0.05, 0) is 18.2 Å². The first kappa shape index (κ1) is 11.7. The van der Waals surface area contributed by atoms with Gasteiger partial charge in [-0.25, -0.2) is 10.4 Å². The lowest BCUT2D eigenvalue weighted by Crippen LogP contribution is -2.26. The van der Waals surface area contributed by atoms with Crippen LogP contribution in [0.3, 0.4) is 0 Å². The first-order chi connectivity index (χ1) is 9.24. The van der Waals surface area contributed by atoms with Gasteiger partial charge in [0.25, 0.3) is 0 Å². The molecular weight excluding hydrogens is 260 g/mol. The van der Waals surface area contributed by atoms with Crippen molar-refractivity contribution in [2.24, 2.45) is 15.8 Å². The summed E-state index contributed by atoms with van der Waals surface area (Å²) in [5, 5.41) is 4.95. The number of halogens is 1. The maximum Gasteiger partial charge on any atom is 0.214 e. The number of fused-ring (bicyclic) bond motifs is 1. The Bertz CT molecular complexity index is 677. The van der Waals surface area contributed by atoms with Gasteiger partial charge in [-0.2, -0.15) is 5.10 Å². The molecule has 94 valence electrons. The van der Waals surface area contributed by atoms with Gasteiger partial charge in [-0.15, -0.1) is 0 Å². The van der Waals surface area contributed by atoms with Gasteiger partial charge in [-0.3, -0.25) is 0 Å². The molecule has 0 saturated heterocycles. The maximum absolute atomic E-state index is 6.06. The minimum absolute atomic E-state index is 0.259. The van der Waals surface area contributed by atoms with Gasteiger partial charge >= 0.3 is 0 Å². The predicted molar refractivity (Wildman–Crippen MR) is 78.0 cm³/mol. The number of nitrogens with zero attached hydrogens (tertiary/aromatic N) is 2. The molecular formula is C14H11ClN4. The summed E-state index contributed by atoms with van der Waals surface area (Å²) in [6.07, 6.45) is 0. The standard InChI is InChI=1S/C14H11ClN4/c15-10-6-7-12-11(8-10)13(18-19-14(16)17-12)9-4-2-1-3-5-9/h1-8H,(H3,16,17,19). The zero-order valence-electron chi connectivity index (χ0n) is 9.97. The van der Waals surface area contributed by atoms with Gasteiger partial charge in [0.05, 0.1) is 5.69 Å². The van der Waals surface area contributed by atoms with Gasteiger partial charge < -0.3 is 5.73 Å². The highest BCUT2D eigenvalue weighted by molar-refractivity contribution is 6.31. The Morgan fingerprint density at radius 2 is 1.84 bits per heavy atom. The first-order valence-corrected chi connectivity index (χ1v) is 6.15. The molecule has 0 amide bonds. The summed E-state index contributed by atoms with van der Waals surface area (Å²) in [7, 11) is 0. The van der Waals surface area contributed by atoms with E-state index in [1.165, 1.54) is 0 Å². The maximum atomic E-state index is 6.06. The summed E-state index contributed by atoms with van der Waals surface area (Å²) in [5.41, 5.74) is 11.8. The summed E-state index contributed by atoms with van der Waals surface area (Å²) in [6, 6.07) is 15.3. The summed E-state index contributed by atoms with van der Waals surface area (Å²) in [5.74, 6) is 0.259. The van der Waals surface area contributed by atoms with Crippen molar-refractivity contribution in [1.29, 1.82) is 0 Å². The van der Waals surface area contributed by atoms with Crippen LogP contribution in [-0.4, -0.2) is 11.7 Å². The Kier molecular flexibility index (Phi) is 2.93. The van der Waals surface area contributed by atoms with Crippen molar-refractivity contribution in [1.82, 2.24) is 5.43 Å². The van der Waals surface area contributed by atoms with Crippen LogP contribution >= 0.6 is 11.6 Å². The van der Waals surface area contributed by atoms with Crippen LogP contribution in [0.4, 0.5) is 5.69 Å². The molecule has 4 nitrogen and oxygen atoms in total. The molecule has 2 aromatic rings. The Hall–Kier alpha value is -2.33. The number of hydrogen-bond acceptors (Lipinski definition) is 4. The molecule has 19 heavy (non-hydrogen) atoms. The average Bonchev–Trinajstić information content (AvgIpc) is 2.58. The zero-order chi connectivity index (χ0) is 13.2. The number of hydrazone groups is 1. The Morgan fingerprint density at radius 3 is 2.63 bits per heavy atom. The van der Waals surface area contributed by atoms with E-state index >= 15 is 0 Å². The third kappa shape index (κ3) is 2.30. The average molecular weight is 271 g/mol. The lowest BCUT2D eigenvalue weighted by Gasteiger charge is -2.07. The molecule has 0 saturated carbocycles. The number of rotatable bonds is 1.